The maximum atomic E-state index is 12.7. The van der Waals surface area contributed by atoms with Crippen molar-refractivity contribution >= 4 is 18.3 Å². The zero-order chi connectivity index (χ0) is 17.9. The van der Waals surface area contributed by atoms with Crippen molar-refractivity contribution in [3.8, 4) is 0 Å². The number of carbonyl (C=O) groups excluding carboxylic acids is 2. The normalized spacial score (nSPS) is 21.8. The molecule has 2 aliphatic rings. The lowest BCUT2D eigenvalue weighted by Crippen LogP contribution is -2.36. The van der Waals surface area contributed by atoms with Crippen molar-refractivity contribution in [1.29, 1.82) is 0 Å². The van der Waals surface area contributed by atoms with E-state index < -0.39 is 0 Å². The fourth-order valence-corrected chi connectivity index (χ4v) is 3.21. The molecule has 3 rings (SSSR count). The zero-order valence-electron chi connectivity index (χ0n) is 13.6. The van der Waals surface area contributed by atoms with Crippen molar-refractivity contribution in [2.75, 3.05) is 13.1 Å². The van der Waals surface area contributed by atoms with E-state index in [2.05, 4.69) is 10.3 Å². The second-order valence-electron chi connectivity index (χ2n) is 6.26. The van der Waals surface area contributed by atoms with Crippen LogP contribution in [0.5, 0.6) is 0 Å². The van der Waals surface area contributed by atoms with Gasteiger partial charge in [0.1, 0.15) is 0 Å². The highest BCUT2D eigenvalue weighted by atomic mass is 16.3. The number of aromatic amines is 1. The van der Waals surface area contributed by atoms with Gasteiger partial charge in [-0.05, 0) is 12.0 Å². The molecule has 8 heteroatoms. The summed E-state index contributed by atoms with van der Waals surface area (Å²) in [5, 5.41) is 9.80. The maximum Gasteiger partial charge on any atom is 0.290 e. The number of rotatable bonds is 2. The smallest absolute Gasteiger partial charge is 0.290 e. The molecule has 0 saturated carbocycles. The molecule has 1 aromatic heterocycles. The first-order valence-corrected chi connectivity index (χ1v) is 7.77. The summed E-state index contributed by atoms with van der Waals surface area (Å²) in [5.74, 6) is 0.286. The summed E-state index contributed by atoms with van der Waals surface area (Å²) in [6, 6.07) is 3.06. The highest BCUT2D eigenvalue weighted by Gasteiger charge is 2.42. The summed E-state index contributed by atoms with van der Waals surface area (Å²) < 4.78 is 0. The van der Waals surface area contributed by atoms with Gasteiger partial charge in [-0.2, -0.15) is 0 Å². The minimum Gasteiger partial charge on any atom is -0.483 e. The van der Waals surface area contributed by atoms with Crippen molar-refractivity contribution in [1.82, 2.24) is 15.2 Å². The summed E-state index contributed by atoms with van der Waals surface area (Å²) >= 11 is 0. The Hall–Kier alpha value is -2.64. The second-order valence-corrected chi connectivity index (χ2v) is 6.26. The molecule has 2 fully saturated rings. The number of amides is 2. The number of likely N-dealkylation sites (tertiary alicyclic amines) is 1. The lowest BCUT2D eigenvalue weighted by atomic mass is 10.0. The van der Waals surface area contributed by atoms with E-state index in [-0.39, 0.29) is 41.7 Å². The minimum absolute atomic E-state index is 0.0691. The molecule has 24 heavy (non-hydrogen) atoms. The van der Waals surface area contributed by atoms with Crippen LogP contribution < -0.4 is 10.9 Å². The van der Waals surface area contributed by atoms with E-state index in [1.165, 1.54) is 6.07 Å². The molecule has 0 radical (unpaired) electrons. The number of nitrogens with one attached hydrogen (secondary N) is 2. The first-order valence-electron chi connectivity index (χ1n) is 7.77. The number of aromatic nitrogens is 1. The van der Waals surface area contributed by atoms with Gasteiger partial charge in [-0.1, -0.05) is 13.8 Å². The van der Waals surface area contributed by atoms with E-state index in [1.807, 2.05) is 13.8 Å². The molecule has 2 atom stereocenters. The predicted octanol–water partition coefficient (Wildman–Crippen LogP) is 0.160. The molecular weight excluding hydrogens is 314 g/mol. The number of carbonyl (C=O) groups is 3. The minimum atomic E-state index is -0.250. The van der Waals surface area contributed by atoms with Gasteiger partial charge in [0.15, 0.2) is 0 Å². The van der Waals surface area contributed by atoms with E-state index in [9.17, 15) is 14.4 Å². The Morgan fingerprint density at radius 2 is 2.00 bits per heavy atom. The Morgan fingerprint density at radius 1 is 1.33 bits per heavy atom. The topological polar surface area (TPSA) is 120 Å². The first-order chi connectivity index (χ1) is 11.4. The van der Waals surface area contributed by atoms with Gasteiger partial charge >= 0.3 is 0 Å². The maximum absolute atomic E-state index is 12.7. The number of pyridine rings is 1. The molecule has 8 nitrogen and oxygen atoms in total. The van der Waals surface area contributed by atoms with Crippen molar-refractivity contribution in [3.05, 3.63) is 33.7 Å². The number of hydrogen-bond donors (Lipinski definition) is 3. The molecule has 2 saturated heterocycles. The Bertz CT molecular complexity index is 681. The van der Waals surface area contributed by atoms with Crippen LogP contribution in [0.1, 0.15) is 42.2 Å². The molecule has 3 heterocycles. The SMILES string of the molecule is CC(C)c1[nH]c(=O)ccc1C(=O)N1C[C@@H]2CC(=O)N[C@@H]2C1.O=CO. The van der Waals surface area contributed by atoms with Gasteiger partial charge in [0.25, 0.3) is 12.4 Å². The van der Waals surface area contributed by atoms with Crippen LogP contribution in [0.3, 0.4) is 0 Å². The van der Waals surface area contributed by atoms with Gasteiger partial charge in [0.05, 0.1) is 11.6 Å². The van der Waals surface area contributed by atoms with E-state index in [4.69, 9.17) is 9.90 Å². The number of nitrogens with zero attached hydrogens (tertiary/aromatic N) is 1. The zero-order valence-corrected chi connectivity index (χ0v) is 13.6. The number of H-pyrrole nitrogens is 1. The quantitative estimate of drug-likeness (QED) is 0.665. The van der Waals surface area contributed by atoms with Crippen molar-refractivity contribution < 1.29 is 19.5 Å². The number of fused-ring (bicyclic) bond motifs is 1. The van der Waals surface area contributed by atoms with E-state index in [0.717, 1.165) is 0 Å². The fraction of sp³-hybridized carbons (Fsp3) is 0.500. The van der Waals surface area contributed by atoms with Gasteiger partial charge in [-0.3, -0.25) is 19.2 Å². The Morgan fingerprint density at radius 3 is 2.58 bits per heavy atom. The Kier molecular flexibility index (Phi) is 5.38. The van der Waals surface area contributed by atoms with E-state index in [1.54, 1.807) is 11.0 Å². The van der Waals surface area contributed by atoms with Crippen LogP contribution in [0.15, 0.2) is 16.9 Å². The van der Waals surface area contributed by atoms with Crippen LogP contribution in [0.25, 0.3) is 0 Å². The average molecular weight is 335 g/mol. The average Bonchev–Trinajstić information content (AvgIpc) is 3.04. The van der Waals surface area contributed by atoms with Crippen LogP contribution in [0.4, 0.5) is 0 Å². The van der Waals surface area contributed by atoms with Gasteiger partial charge < -0.3 is 20.3 Å². The molecule has 0 aromatic carbocycles. The molecule has 0 aliphatic carbocycles. The molecule has 0 bridgehead atoms. The summed E-state index contributed by atoms with van der Waals surface area (Å²) in [5.41, 5.74) is 1.03. The van der Waals surface area contributed by atoms with E-state index in [0.29, 0.717) is 30.8 Å². The summed E-state index contributed by atoms with van der Waals surface area (Å²) in [6.07, 6.45) is 0.497. The number of carboxylic acid groups (broad SMARTS) is 1. The molecule has 1 aromatic rings. The van der Waals surface area contributed by atoms with Crippen LogP contribution in [0.2, 0.25) is 0 Å². The third-order valence-corrected chi connectivity index (χ3v) is 4.28. The lowest BCUT2D eigenvalue weighted by molar-refractivity contribution is -0.123. The van der Waals surface area contributed by atoms with Crippen LogP contribution in [-0.4, -0.2) is 52.4 Å². The fourth-order valence-electron chi connectivity index (χ4n) is 3.21. The summed E-state index contributed by atoms with van der Waals surface area (Å²) in [6.45, 7) is 4.78. The number of hydrogen-bond acceptors (Lipinski definition) is 4. The molecule has 130 valence electrons. The second kappa shape index (κ2) is 7.29. The van der Waals surface area contributed by atoms with Gasteiger partial charge in [-0.25, -0.2) is 0 Å². The predicted molar refractivity (Wildman–Crippen MR) is 85.8 cm³/mol. The van der Waals surface area contributed by atoms with Crippen LogP contribution in [0, 0.1) is 5.92 Å². The van der Waals surface area contributed by atoms with Crippen molar-refractivity contribution in [3.63, 3.8) is 0 Å². The van der Waals surface area contributed by atoms with Crippen molar-refractivity contribution in [2.24, 2.45) is 5.92 Å². The summed E-state index contributed by atoms with van der Waals surface area (Å²) in [4.78, 5) is 48.4. The van der Waals surface area contributed by atoms with Gasteiger partial charge in [0, 0.05) is 37.2 Å². The van der Waals surface area contributed by atoms with Crippen LogP contribution >= 0.6 is 0 Å². The monoisotopic (exact) mass is 335 g/mol. The third-order valence-electron chi connectivity index (χ3n) is 4.28. The van der Waals surface area contributed by atoms with Crippen LogP contribution in [-0.2, 0) is 9.59 Å². The Labute approximate surface area is 138 Å². The third kappa shape index (κ3) is 3.64. The Balaban J connectivity index is 0.000000647. The standard InChI is InChI=1S/C15H19N3O3.CH2O2/c1-8(2)14-10(3-4-12(19)17-14)15(21)18-6-9-5-13(20)16-11(9)7-18;2-1-3/h3-4,8-9,11H,5-7H2,1-2H3,(H,16,20)(H,17,19);1H,(H,2,3)/t9-,11+;/m0./s1. The molecule has 0 spiro atoms. The molecule has 2 aliphatic heterocycles. The highest BCUT2D eigenvalue weighted by Crippen LogP contribution is 2.27. The molecule has 0 unspecified atom stereocenters. The first kappa shape index (κ1) is 17.7. The van der Waals surface area contributed by atoms with Gasteiger partial charge in [0.2, 0.25) is 11.5 Å². The van der Waals surface area contributed by atoms with Gasteiger partial charge in [-0.15, -0.1) is 0 Å². The largest absolute Gasteiger partial charge is 0.483 e. The highest BCUT2D eigenvalue weighted by molar-refractivity contribution is 5.96. The van der Waals surface area contributed by atoms with Crippen molar-refractivity contribution in [2.45, 2.75) is 32.2 Å². The molecular formula is C16H21N3O5. The summed E-state index contributed by atoms with van der Waals surface area (Å²) in [7, 11) is 0. The van der Waals surface area contributed by atoms with E-state index >= 15 is 0 Å². The molecule has 3 N–H and O–H groups in total. The molecule has 2 amide bonds. The lowest BCUT2D eigenvalue weighted by Gasteiger charge is -2.20.